The van der Waals surface area contributed by atoms with Gasteiger partial charge in [0.1, 0.15) is 0 Å². The predicted octanol–water partition coefficient (Wildman–Crippen LogP) is 2.51. The minimum Gasteiger partial charge on any atom is -0.399 e. The van der Waals surface area contributed by atoms with Gasteiger partial charge in [-0.25, -0.2) is 0 Å². The highest BCUT2D eigenvalue weighted by atomic mass is 16.1. The Hall–Kier alpha value is -1.51. The van der Waals surface area contributed by atoms with E-state index in [-0.39, 0.29) is 5.91 Å². The summed E-state index contributed by atoms with van der Waals surface area (Å²) in [6.45, 7) is 2.25. The van der Waals surface area contributed by atoms with Gasteiger partial charge in [0, 0.05) is 18.2 Å². The van der Waals surface area contributed by atoms with Crippen LogP contribution in [0.15, 0.2) is 24.3 Å². The Morgan fingerprint density at radius 3 is 2.67 bits per heavy atom. The zero-order valence-electron chi connectivity index (χ0n) is 11.0. The lowest BCUT2D eigenvalue weighted by atomic mass is 10.1. The van der Waals surface area contributed by atoms with Gasteiger partial charge < -0.3 is 11.1 Å². The van der Waals surface area contributed by atoms with Gasteiger partial charge in [0.2, 0.25) is 5.91 Å². The number of hydrogen-bond donors (Lipinski definition) is 2. The summed E-state index contributed by atoms with van der Waals surface area (Å²) in [5.74, 6) is 0.929. The molecular weight excluding hydrogens is 224 g/mol. The molecule has 0 heterocycles. The Labute approximate surface area is 109 Å². The molecule has 1 fully saturated rings. The van der Waals surface area contributed by atoms with E-state index in [0.29, 0.717) is 12.5 Å². The van der Waals surface area contributed by atoms with Crippen molar-refractivity contribution in [2.75, 3.05) is 5.73 Å². The standard InChI is InChI=1S/C15H22N2O/c1-11-2-8-14(10-11)17-15(18)9-5-12-3-6-13(16)7-4-12/h3-4,6-7,11,14H,2,5,8-10,16H2,1H3,(H,17,18). The van der Waals surface area contributed by atoms with Gasteiger partial charge in [-0.3, -0.25) is 4.79 Å². The largest absolute Gasteiger partial charge is 0.399 e. The van der Waals surface area contributed by atoms with E-state index >= 15 is 0 Å². The molecule has 1 aromatic rings. The molecule has 0 spiro atoms. The lowest BCUT2D eigenvalue weighted by Gasteiger charge is -2.12. The number of nitrogens with one attached hydrogen (secondary N) is 1. The van der Waals surface area contributed by atoms with Crippen LogP contribution in [0.5, 0.6) is 0 Å². The van der Waals surface area contributed by atoms with Crippen molar-refractivity contribution < 1.29 is 4.79 Å². The fraction of sp³-hybridized carbons (Fsp3) is 0.533. The fourth-order valence-corrected chi connectivity index (χ4v) is 2.58. The lowest BCUT2D eigenvalue weighted by molar-refractivity contribution is -0.121. The highest BCUT2D eigenvalue weighted by Gasteiger charge is 2.22. The quantitative estimate of drug-likeness (QED) is 0.802. The fourth-order valence-electron chi connectivity index (χ4n) is 2.58. The van der Waals surface area contributed by atoms with Crippen LogP contribution < -0.4 is 11.1 Å². The first-order valence-electron chi connectivity index (χ1n) is 6.77. The summed E-state index contributed by atoms with van der Waals surface area (Å²) in [4.78, 5) is 11.8. The third kappa shape index (κ3) is 3.76. The van der Waals surface area contributed by atoms with Crippen molar-refractivity contribution in [2.45, 2.75) is 45.1 Å². The molecule has 18 heavy (non-hydrogen) atoms. The Balaban J connectivity index is 1.73. The molecule has 1 aromatic carbocycles. The molecule has 2 unspecified atom stereocenters. The smallest absolute Gasteiger partial charge is 0.220 e. The van der Waals surface area contributed by atoms with Crippen LogP contribution >= 0.6 is 0 Å². The van der Waals surface area contributed by atoms with Crippen molar-refractivity contribution in [3.8, 4) is 0 Å². The Bertz CT molecular complexity index is 399. The van der Waals surface area contributed by atoms with Gasteiger partial charge in [0.25, 0.3) is 0 Å². The van der Waals surface area contributed by atoms with Crippen molar-refractivity contribution in [2.24, 2.45) is 5.92 Å². The Morgan fingerprint density at radius 2 is 2.06 bits per heavy atom. The van der Waals surface area contributed by atoms with Crippen molar-refractivity contribution >= 4 is 11.6 Å². The number of nitrogens with two attached hydrogens (primary N) is 1. The van der Waals surface area contributed by atoms with Gasteiger partial charge in [-0.15, -0.1) is 0 Å². The highest BCUT2D eigenvalue weighted by Crippen LogP contribution is 2.24. The lowest BCUT2D eigenvalue weighted by Crippen LogP contribution is -2.32. The van der Waals surface area contributed by atoms with E-state index in [1.165, 1.54) is 12.0 Å². The summed E-state index contributed by atoms with van der Waals surface area (Å²) in [6.07, 6.45) is 4.86. The molecule has 1 amide bonds. The third-order valence-electron chi connectivity index (χ3n) is 3.68. The Kier molecular flexibility index (Phi) is 4.24. The molecule has 0 bridgehead atoms. The topological polar surface area (TPSA) is 55.1 Å². The molecule has 2 rings (SSSR count). The second-order valence-corrected chi connectivity index (χ2v) is 5.42. The molecule has 3 N–H and O–H groups in total. The molecule has 0 saturated heterocycles. The first-order valence-corrected chi connectivity index (χ1v) is 6.77. The van der Waals surface area contributed by atoms with Crippen LogP contribution in [0.3, 0.4) is 0 Å². The SMILES string of the molecule is CC1CCC(NC(=O)CCc2ccc(N)cc2)C1. The third-order valence-corrected chi connectivity index (χ3v) is 3.68. The number of anilines is 1. The van der Waals surface area contributed by atoms with Crippen LogP contribution in [0.1, 0.15) is 38.2 Å². The van der Waals surface area contributed by atoms with E-state index in [2.05, 4.69) is 12.2 Å². The molecule has 98 valence electrons. The number of amides is 1. The van der Waals surface area contributed by atoms with Gasteiger partial charge in [0.15, 0.2) is 0 Å². The van der Waals surface area contributed by atoms with Crippen molar-refractivity contribution in [3.63, 3.8) is 0 Å². The van der Waals surface area contributed by atoms with Crippen LogP contribution in [-0.4, -0.2) is 11.9 Å². The monoisotopic (exact) mass is 246 g/mol. The van der Waals surface area contributed by atoms with Gasteiger partial charge >= 0.3 is 0 Å². The molecule has 1 aliphatic carbocycles. The van der Waals surface area contributed by atoms with E-state index in [0.717, 1.165) is 30.9 Å². The van der Waals surface area contributed by atoms with Gasteiger partial charge in [-0.1, -0.05) is 19.1 Å². The second-order valence-electron chi connectivity index (χ2n) is 5.42. The maximum absolute atomic E-state index is 11.8. The number of rotatable bonds is 4. The molecule has 0 radical (unpaired) electrons. The van der Waals surface area contributed by atoms with Crippen LogP contribution in [0.4, 0.5) is 5.69 Å². The molecule has 0 aliphatic heterocycles. The van der Waals surface area contributed by atoms with E-state index in [4.69, 9.17) is 5.73 Å². The first kappa shape index (κ1) is 12.9. The molecular formula is C15H22N2O. The van der Waals surface area contributed by atoms with E-state index in [1.807, 2.05) is 24.3 Å². The molecule has 1 saturated carbocycles. The zero-order valence-corrected chi connectivity index (χ0v) is 11.0. The number of aryl methyl sites for hydroxylation is 1. The predicted molar refractivity (Wildman–Crippen MR) is 74.1 cm³/mol. The number of carbonyl (C=O) groups is 1. The second kappa shape index (κ2) is 5.89. The number of hydrogen-bond acceptors (Lipinski definition) is 2. The summed E-state index contributed by atoms with van der Waals surface area (Å²) in [5.41, 5.74) is 7.56. The van der Waals surface area contributed by atoms with E-state index in [1.54, 1.807) is 0 Å². The molecule has 3 heteroatoms. The summed E-state index contributed by atoms with van der Waals surface area (Å²) in [5, 5.41) is 3.13. The van der Waals surface area contributed by atoms with Crippen molar-refractivity contribution in [1.29, 1.82) is 0 Å². The summed E-state index contributed by atoms with van der Waals surface area (Å²) in [7, 11) is 0. The minimum atomic E-state index is 0.172. The van der Waals surface area contributed by atoms with Crippen molar-refractivity contribution in [1.82, 2.24) is 5.32 Å². The van der Waals surface area contributed by atoms with Crippen LogP contribution in [0.2, 0.25) is 0 Å². The maximum Gasteiger partial charge on any atom is 0.220 e. The summed E-state index contributed by atoms with van der Waals surface area (Å²) >= 11 is 0. The molecule has 2 atom stereocenters. The first-order chi connectivity index (χ1) is 8.63. The van der Waals surface area contributed by atoms with Gasteiger partial charge in [0.05, 0.1) is 0 Å². The van der Waals surface area contributed by atoms with Gasteiger partial charge in [-0.05, 0) is 49.3 Å². The average Bonchev–Trinajstić information content (AvgIpc) is 2.74. The van der Waals surface area contributed by atoms with Crippen LogP contribution in [-0.2, 0) is 11.2 Å². The number of benzene rings is 1. The normalized spacial score (nSPS) is 22.9. The Morgan fingerprint density at radius 1 is 1.33 bits per heavy atom. The van der Waals surface area contributed by atoms with Crippen molar-refractivity contribution in [3.05, 3.63) is 29.8 Å². The molecule has 1 aliphatic rings. The molecule has 0 aromatic heterocycles. The summed E-state index contributed by atoms with van der Waals surface area (Å²) in [6, 6.07) is 8.14. The number of carbonyl (C=O) groups excluding carboxylic acids is 1. The van der Waals surface area contributed by atoms with E-state index in [9.17, 15) is 4.79 Å². The maximum atomic E-state index is 11.8. The van der Waals surface area contributed by atoms with Crippen LogP contribution in [0.25, 0.3) is 0 Å². The summed E-state index contributed by atoms with van der Waals surface area (Å²) < 4.78 is 0. The molecule has 3 nitrogen and oxygen atoms in total. The van der Waals surface area contributed by atoms with Crippen LogP contribution in [0, 0.1) is 5.92 Å². The highest BCUT2D eigenvalue weighted by molar-refractivity contribution is 5.76. The van der Waals surface area contributed by atoms with Gasteiger partial charge in [-0.2, -0.15) is 0 Å². The zero-order chi connectivity index (χ0) is 13.0. The minimum absolute atomic E-state index is 0.172. The number of nitrogen functional groups attached to an aromatic ring is 1. The average molecular weight is 246 g/mol. The van der Waals surface area contributed by atoms with E-state index < -0.39 is 0 Å².